The third-order valence-electron chi connectivity index (χ3n) is 4.36. The van der Waals surface area contributed by atoms with Crippen molar-refractivity contribution in [2.45, 2.75) is 123 Å². The van der Waals surface area contributed by atoms with Gasteiger partial charge in [-0.3, -0.25) is 9.59 Å². The van der Waals surface area contributed by atoms with Gasteiger partial charge in [-0.25, -0.2) is 0 Å². The summed E-state index contributed by atoms with van der Waals surface area (Å²) in [6.45, 7) is 8.21. The Morgan fingerprint density at radius 3 is 1.60 bits per heavy atom. The molecule has 0 aromatic rings. The van der Waals surface area contributed by atoms with E-state index in [0.29, 0.717) is 12.8 Å². The van der Waals surface area contributed by atoms with E-state index in [9.17, 15) is 9.59 Å². The summed E-state index contributed by atoms with van der Waals surface area (Å²) in [5.74, 6) is -0.415. The van der Waals surface area contributed by atoms with Gasteiger partial charge in [-0.05, 0) is 39.5 Å². The predicted molar refractivity (Wildman–Crippen MR) is 102 cm³/mol. The third-order valence-corrected chi connectivity index (χ3v) is 4.36. The van der Waals surface area contributed by atoms with Crippen molar-refractivity contribution in [2.24, 2.45) is 0 Å². The Kier molecular flexibility index (Phi) is 15.7. The van der Waals surface area contributed by atoms with Crippen LogP contribution in [0.3, 0.4) is 0 Å². The Labute approximate surface area is 155 Å². The zero-order valence-electron chi connectivity index (χ0n) is 17.0. The van der Waals surface area contributed by atoms with Crippen LogP contribution in [0.1, 0.15) is 111 Å². The second kappa shape index (κ2) is 16.4. The Balaban J connectivity index is 3.63. The van der Waals surface area contributed by atoms with E-state index in [0.717, 1.165) is 32.1 Å². The first-order valence-electron chi connectivity index (χ1n) is 10.4. The molecular formula is C21H40O4. The van der Waals surface area contributed by atoms with E-state index >= 15 is 0 Å². The SMILES string of the molecule is CCCCCCCCC(C)OC(=O)CCCC(=O)OC(C)CCCC. The van der Waals surface area contributed by atoms with Gasteiger partial charge in [0.2, 0.25) is 0 Å². The van der Waals surface area contributed by atoms with Gasteiger partial charge in [0.25, 0.3) is 0 Å². The van der Waals surface area contributed by atoms with E-state index in [1.54, 1.807) is 0 Å². The number of carbonyl (C=O) groups is 2. The normalized spacial score (nSPS) is 13.3. The lowest BCUT2D eigenvalue weighted by Crippen LogP contribution is -2.17. The summed E-state index contributed by atoms with van der Waals surface area (Å²) in [6, 6.07) is 0. The number of rotatable bonds is 16. The van der Waals surface area contributed by atoms with E-state index in [1.807, 2.05) is 13.8 Å². The number of esters is 2. The zero-order chi connectivity index (χ0) is 18.9. The fourth-order valence-corrected chi connectivity index (χ4v) is 2.77. The van der Waals surface area contributed by atoms with Crippen molar-refractivity contribution in [1.82, 2.24) is 0 Å². The van der Waals surface area contributed by atoms with Gasteiger partial charge >= 0.3 is 11.9 Å². The van der Waals surface area contributed by atoms with Crippen LogP contribution < -0.4 is 0 Å². The molecule has 0 saturated carbocycles. The summed E-state index contributed by atoms with van der Waals surface area (Å²) < 4.78 is 10.7. The molecule has 0 rings (SSSR count). The second-order valence-electron chi connectivity index (χ2n) is 7.15. The Bertz CT molecular complexity index is 341. The molecule has 2 unspecified atom stereocenters. The average molecular weight is 357 g/mol. The van der Waals surface area contributed by atoms with Crippen LogP contribution in [0, 0.1) is 0 Å². The second-order valence-corrected chi connectivity index (χ2v) is 7.15. The summed E-state index contributed by atoms with van der Waals surface area (Å²) in [5.41, 5.74) is 0. The minimum atomic E-state index is -0.212. The molecule has 148 valence electrons. The number of unbranched alkanes of at least 4 members (excludes halogenated alkanes) is 6. The summed E-state index contributed by atoms with van der Waals surface area (Å²) in [6.07, 6.45) is 12.5. The third kappa shape index (κ3) is 16.2. The van der Waals surface area contributed by atoms with Crippen LogP contribution >= 0.6 is 0 Å². The van der Waals surface area contributed by atoms with Gasteiger partial charge in [0.05, 0.1) is 12.2 Å². The van der Waals surface area contributed by atoms with Gasteiger partial charge in [-0.1, -0.05) is 58.8 Å². The van der Waals surface area contributed by atoms with E-state index in [4.69, 9.17) is 9.47 Å². The topological polar surface area (TPSA) is 52.6 Å². The Morgan fingerprint density at radius 1 is 0.640 bits per heavy atom. The van der Waals surface area contributed by atoms with Crippen molar-refractivity contribution in [3.05, 3.63) is 0 Å². The molecule has 0 amide bonds. The molecule has 0 heterocycles. The van der Waals surface area contributed by atoms with E-state index in [2.05, 4.69) is 13.8 Å². The van der Waals surface area contributed by atoms with Gasteiger partial charge < -0.3 is 9.47 Å². The molecule has 0 aliphatic heterocycles. The van der Waals surface area contributed by atoms with Gasteiger partial charge in [-0.15, -0.1) is 0 Å². The minimum Gasteiger partial charge on any atom is -0.463 e. The molecule has 0 N–H and O–H groups in total. The summed E-state index contributed by atoms with van der Waals surface area (Å²) in [7, 11) is 0. The quantitative estimate of drug-likeness (QED) is 0.253. The van der Waals surface area contributed by atoms with Gasteiger partial charge in [0, 0.05) is 12.8 Å². The highest BCUT2D eigenvalue weighted by Gasteiger charge is 2.12. The molecule has 4 nitrogen and oxygen atoms in total. The fraction of sp³-hybridized carbons (Fsp3) is 0.905. The zero-order valence-corrected chi connectivity index (χ0v) is 17.0. The number of carbonyl (C=O) groups excluding carboxylic acids is 2. The largest absolute Gasteiger partial charge is 0.463 e. The van der Waals surface area contributed by atoms with Crippen LogP contribution in [0.15, 0.2) is 0 Å². The highest BCUT2D eigenvalue weighted by atomic mass is 16.5. The molecule has 0 aliphatic carbocycles. The molecule has 0 aliphatic rings. The van der Waals surface area contributed by atoms with E-state index in [-0.39, 0.29) is 30.6 Å². The summed E-state index contributed by atoms with van der Waals surface area (Å²) >= 11 is 0. The van der Waals surface area contributed by atoms with Gasteiger partial charge in [-0.2, -0.15) is 0 Å². The highest BCUT2D eigenvalue weighted by molar-refractivity contribution is 5.72. The smallest absolute Gasteiger partial charge is 0.306 e. The van der Waals surface area contributed by atoms with Crippen LogP contribution in [-0.4, -0.2) is 24.1 Å². The molecular weight excluding hydrogens is 316 g/mol. The van der Waals surface area contributed by atoms with Crippen molar-refractivity contribution in [3.63, 3.8) is 0 Å². The molecule has 0 aromatic heterocycles. The van der Waals surface area contributed by atoms with Crippen LogP contribution in [0.25, 0.3) is 0 Å². The fourth-order valence-electron chi connectivity index (χ4n) is 2.77. The standard InChI is InChI=1S/C21H40O4/c1-5-7-9-10-11-12-15-19(4)25-21(23)17-13-16-20(22)24-18(3)14-8-6-2/h18-19H,5-17H2,1-4H3. The van der Waals surface area contributed by atoms with Crippen molar-refractivity contribution in [1.29, 1.82) is 0 Å². The molecule has 0 aromatic carbocycles. The predicted octanol–water partition coefficient (Wildman–Crippen LogP) is 5.96. The maximum Gasteiger partial charge on any atom is 0.306 e. The molecule has 0 bridgehead atoms. The Morgan fingerprint density at radius 2 is 1.08 bits per heavy atom. The molecule has 4 heteroatoms. The van der Waals surface area contributed by atoms with Crippen LogP contribution in [0.2, 0.25) is 0 Å². The van der Waals surface area contributed by atoms with Crippen LogP contribution in [0.4, 0.5) is 0 Å². The van der Waals surface area contributed by atoms with E-state index in [1.165, 1.54) is 32.1 Å². The summed E-state index contributed by atoms with van der Waals surface area (Å²) in [4.78, 5) is 23.5. The first-order valence-corrected chi connectivity index (χ1v) is 10.4. The first-order chi connectivity index (χ1) is 12.0. The lowest BCUT2D eigenvalue weighted by atomic mass is 10.1. The van der Waals surface area contributed by atoms with Crippen LogP contribution in [0.5, 0.6) is 0 Å². The number of hydrogen-bond acceptors (Lipinski definition) is 4. The monoisotopic (exact) mass is 356 g/mol. The lowest BCUT2D eigenvalue weighted by Gasteiger charge is -2.14. The molecule has 0 spiro atoms. The van der Waals surface area contributed by atoms with Crippen LogP contribution in [-0.2, 0) is 19.1 Å². The minimum absolute atomic E-state index is 0.0281. The average Bonchev–Trinajstić information content (AvgIpc) is 2.56. The Hall–Kier alpha value is -1.06. The molecule has 25 heavy (non-hydrogen) atoms. The first kappa shape index (κ1) is 23.9. The maximum atomic E-state index is 11.8. The van der Waals surface area contributed by atoms with Crippen molar-refractivity contribution in [2.75, 3.05) is 0 Å². The van der Waals surface area contributed by atoms with Gasteiger partial charge in [0.15, 0.2) is 0 Å². The number of hydrogen-bond donors (Lipinski definition) is 0. The van der Waals surface area contributed by atoms with Gasteiger partial charge in [0.1, 0.15) is 0 Å². The highest BCUT2D eigenvalue weighted by Crippen LogP contribution is 2.12. The molecule has 0 fully saturated rings. The van der Waals surface area contributed by atoms with Crippen molar-refractivity contribution in [3.8, 4) is 0 Å². The molecule has 2 atom stereocenters. The molecule has 0 saturated heterocycles. The number of ether oxygens (including phenoxy) is 2. The lowest BCUT2D eigenvalue weighted by molar-refractivity contribution is -0.150. The van der Waals surface area contributed by atoms with Crippen molar-refractivity contribution < 1.29 is 19.1 Å². The van der Waals surface area contributed by atoms with Crippen molar-refractivity contribution >= 4 is 11.9 Å². The summed E-state index contributed by atoms with van der Waals surface area (Å²) in [5, 5.41) is 0. The molecule has 0 radical (unpaired) electrons. The van der Waals surface area contributed by atoms with E-state index < -0.39 is 0 Å². The maximum absolute atomic E-state index is 11.8.